The first kappa shape index (κ1) is 8.63. The zero-order chi connectivity index (χ0) is 10.3. The van der Waals surface area contributed by atoms with Crippen LogP contribution in [0.5, 0.6) is 5.75 Å². The van der Waals surface area contributed by atoms with Gasteiger partial charge in [-0.1, -0.05) is 36.4 Å². The Morgan fingerprint density at radius 3 is 2.40 bits per heavy atom. The molecule has 2 aromatic rings. The molecule has 1 radical (unpaired) electrons. The fourth-order valence-electron chi connectivity index (χ4n) is 1.77. The zero-order valence-electron chi connectivity index (χ0n) is 7.88. The largest absolute Gasteiger partial charge is 0.413 e. The van der Waals surface area contributed by atoms with Crippen LogP contribution in [0.25, 0.3) is 11.1 Å². The molecular formula is C12H8O2P. The first-order chi connectivity index (χ1) is 7.36. The maximum atomic E-state index is 11.8. The minimum absolute atomic E-state index is 0.706. The van der Waals surface area contributed by atoms with E-state index in [2.05, 4.69) is 0 Å². The van der Waals surface area contributed by atoms with E-state index in [1.165, 1.54) is 0 Å². The van der Waals surface area contributed by atoms with Gasteiger partial charge in [-0.25, -0.2) is 4.57 Å². The van der Waals surface area contributed by atoms with Crippen molar-refractivity contribution in [3.05, 3.63) is 48.5 Å². The van der Waals surface area contributed by atoms with Gasteiger partial charge in [0.1, 0.15) is 5.75 Å². The Labute approximate surface area is 88.4 Å². The standard InChI is InChI=1S/C12H8O2P/c13-15-12-8-4-2-6-10(12)9-5-1-3-7-11(9)14-15/h1-8H. The van der Waals surface area contributed by atoms with Crippen molar-refractivity contribution < 1.29 is 9.09 Å². The lowest BCUT2D eigenvalue weighted by atomic mass is 10.0. The molecule has 0 saturated carbocycles. The lowest BCUT2D eigenvalue weighted by Crippen LogP contribution is -2.09. The summed E-state index contributed by atoms with van der Waals surface area (Å²) in [6.07, 6.45) is 0. The molecule has 1 aliphatic heterocycles. The molecule has 1 atom stereocenters. The molecule has 0 bridgehead atoms. The van der Waals surface area contributed by atoms with Crippen molar-refractivity contribution in [2.45, 2.75) is 0 Å². The average molecular weight is 215 g/mol. The molecule has 0 N–H and O–H groups in total. The lowest BCUT2D eigenvalue weighted by molar-refractivity contribution is 0.513. The summed E-state index contributed by atoms with van der Waals surface area (Å²) in [5.41, 5.74) is 2.03. The summed E-state index contributed by atoms with van der Waals surface area (Å²) in [4.78, 5) is 0. The van der Waals surface area contributed by atoms with Gasteiger partial charge in [0.05, 0.1) is 5.30 Å². The lowest BCUT2D eigenvalue weighted by Gasteiger charge is -2.18. The summed E-state index contributed by atoms with van der Waals surface area (Å²) in [6, 6.07) is 15.3. The molecule has 1 aliphatic rings. The second-order valence-corrected chi connectivity index (χ2v) is 4.54. The van der Waals surface area contributed by atoms with Crippen molar-refractivity contribution in [3.8, 4) is 16.9 Å². The molecule has 1 heterocycles. The van der Waals surface area contributed by atoms with Crippen LogP contribution in [0.4, 0.5) is 0 Å². The maximum Gasteiger partial charge on any atom is 0.302 e. The number of rotatable bonds is 0. The molecule has 15 heavy (non-hydrogen) atoms. The topological polar surface area (TPSA) is 26.3 Å². The molecule has 0 spiro atoms. The van der Waals surface area contributed by atoms with Crippen LogP contribution < -0.4 is 9.83 Å². The van der Waals surface area contributed by atoms with Gasteiger partial charge in [0.15, 0.2) is 0 Å². The van der Waals surface area contributed by atoms with Crippen molar-refractivity contribution in [2.24, 2.45) is 0 Å². The Bertz CT molecular complexity index is 549. The predicted octanol–water partition coefficient (Wildman–Crippen LogP) is 3.11. The smallest absolute Gasteiger partial charge is 0.302 e. The molecule has 0 aromatic heterocycles. The van der Waals surface area contributed by atoms with Crippen LogP contribution in [0.3, 0.4) is 0 Å². The maximum absolute atomic E-state index is 11.8. The zero-order valence-corrected chi connectivity index (χ0v) is 8.78. The van der Waals surface area contributed by atoms with Crippen LogP contribution in [0.2, 0.25) is 0 Å². The summed E-state index contributed by atoms with van der Waals surface area (Å²) in [6.45, 7) is 0. The Morgan fingerprint density at radius 1 is 0.867 bits per heavy atom. The number of fused-ring (bicyclic) bond motifs is 3. The van der Waals surface area contributed by atoms with E-state index in [-0.39, 0.29) is 0 Å². The fraction of sp³-hybridized carbons (Fsp3) is 0. The third-order valence-electron chi connectivity index (χ3n) is 2.46. The van der Waals surface area contributed by atoms with E-state index in [0.29, 0.717) is 5.75 Å². The Kier molecular flexibility index (Phi) is 1.83. The van der Waals surface area contributed by atoms with Crippen LogP contribution in [-0.4, -0.2) is 0 Å². The van der Waals surface area contributed by atoms with E-state index in [0.717, 1.165) is 16.4 Å². The van der Waals surface area contributed by atoms with Crippen LogP contribution >= 0.6 is 8.03 Å². The molecule has 1 unspecified atom stereocenters. The molecule has 2 aromatic carbocycles. The number of benzene rings is 2. The Hall–Kier alpha value is -1.66. The van der Waals surface area contributed by atoms with Gasteiger partial charge in [-0.15, -0.1) is 0 Å². The van der Waals surface area contributed by atoms with Crippen LogP contribution in [0, 0.1) is 0 Å². The van der Waals surface area contributed by atoms with Crippen molar-refractivity contribution in [1.29, 1.82) is 0 Å². The highest BCUT2D eigenvalue weighted by molar-refractivity contribution is 7.49. The number of hydrogen-bond acceptors (Lipinski definition) is 2. The molecule has 3 heteroatoms. The highest BCUT2D eigenvalue weighted by atomic mass is 31.1. The van der Waals surface area contributed by atoms with Crippen molar-refractivity contribution >= 4 is 13.3 Å². The highest BCUT2D eigenvalue weighted by Gasteiger charge is 2.22. The van der Waals surface area contributed by atoms with E-state index in [1.54, 1.807) is 0 Å². The molecule has 0 amide bonds. The second-order valence-electron chi connectivity index (χ2n) is 3.36. The Morgan fingerprint density at radius 2 is 1.53 bits per heavy atom. The third-order valence-corrected chi connectivity index (χ3v) is 3.61. The van der Waals surface area contributed by atoms with Crippen LogP contribution in [0.1, 0.15) is 0 Å². The molecule has 2 nitrogen and oxygen atoms in total. The predicted molar refractivity (Wildman–Crippen MR) is 59.7 cm³/mol. The Balaban J connectivity index is 2.34. The van der Waals surface area contributed by atoms with Gasteiger partial charge in [-0.05, 0) is 12.1 Å². The molecule has 3 rings (SSSR count). The van der Waals surface area contributed by atoms with Crippen molar-refractivity contribution in [1.82, 2.24) is 0 Å². The minimum atomic E-state index is -1.74. The quantitative estimate of drug-likeness (QED) is 0.631. The van der Waals surface area contributed by atoms with Gasteiger partial charge < -0.3 is 4.52 Å². The van der Waals surface area contributed by atoms with Crippen LogP contribution in [-0.2, 0) is 4.57 Å². The van der Waals surface area contributed by atoms with Gasteiger partial charge in [-0.2, -0.15) is 0 Å². The van der Waals surface area contributed by atoms with Crippen molar-refractivity contribution in [2.75, 3.05) is 0 Å². The van der Waals surface area contributed by atoms with Gasteiger partial charge in [0.2, 0.25) is 0 Å². The van der Waals surface area contributed by atoms with E-state index in [4.69, 9.17) is 4.52 Å². The van der Waals surface area contributed by atoms with E-state index in [9.17, 15) is 4.57 Å². The van der Waals surface area contributed by atoms with E-state index in [1.807, 2.05) is 48.5 Å². The van der Waals surface area contributed by atoms with Gasteiger partial charge in [0, 0.05) is 11.1 Å². The van der Waals surface area contributed by atoms with Gasteiger partial charge in [-0.3, -0.25) is 0 Å². The molecule has 73 valence electrons. The number of hydrogen-bond donors (Lipinski definition) is 0. The molecule has 0 aliphatic carbocycles. The van der Waals surface area contributed by atoms with Gasteiger partial charge in [0.25, 0.3) is 0 Å². The highest BCUT2D eigenvalue weighted by Crippen LogP contribution is 2.41. The average Bonchev–Trinajstić information content (AvgIpc) is 2.30. The van der Waals surface area contributed by atoms with E-state index < -0.39 is 8.03 Å². The van der Waals surface area contributed by atoms with E-state index >= 15 is 0 Å². The van der Waals surface area contributed by atoms with Crippen LogP contribution in [0.15, 0.2) is 48.5 Å². The summed E-state index contributed by atoms with van der Waals surface area (Å²) < 4.78 is 17.1. The summed E-state index contributed by atoms with van der Waals surface area (Å²) in [7, 11) is -1.74. The molecule has 0 fully saturated rings. The first-order valence-electron chi connectivity index (χ1n) is 4.70. The fourth-order valence-corrected chi connectivity index (χ4v) is 2.80. The second kappa shape index (κ2) is 3.18. The van der Waals surface area contributed by atoms with Gasteiger partial charge >= 0.3 is 8.03 Å². The number of para-hydroxylation sites is 1. The minimum Gasteiger partial charge on any atom is -0.413 e. The summed E-state index contributed by atoms with van der Waals surface area (Å²) in [5.74, 6) is 0.706. The monoisotopic (exact) mass is 215 g/mol. The summed E-state index contributed by atoms with van der Waals surface area (Å²) in [5, 5.41) is 0.784. The molecule has 0 saturated heterocycles. The molecular weight excluding hydrogens is 207 g/mol. The third kappa shape index (κ3) is 1.26. The van der Waals surface area contributed by atoms with Crippen molar-refractivity contribution in [3.63, 3.8) is 0 Å². The summed E-state index contributed by atoms with van der Waals surface area (Å²) >= 11 is 0. The normalized spacial score (nSPS) is 15.1. The SMILES string of the molecule is O=[P]1Oc2ccccc2-c2ccccc21. The first-order valence-corrected chi connectivity index (χ1v) is 5.88.